The predicted octanol–water partition coefficient (Wildman–Crippen LogP) is 3.09. The highest BCUT2D eigenvalue weighted by atomic mass is 16.5. The minimum atomic E-state index is -0.0102. The molecule has 4 heteroatoms. The number of nitrogens with zero attached hydrogens (tertiary/aromatic N) is 1. The SMILES string of the molecule is CCc1ccc(CC(=O)c2cc(OC)cc(OC)c2)nc1. The third-order valence-electron chi connectivity index (χ3n) is 3.31. The van der Waals surface area contributed by atoms with E-state index in [9.17, 15) is 4.79 Å². The van der Waals surface area contributed by atoms with Gasteiger partial charge in [0.1, 0.15) is 11.5 Å². The van der Waals surface area contributed by atoms with E-state index in [1.807, 2.05) is 18.3 Å². The number of carbonyl (C=O) groups excluding carboxylic acids is 1. The van der Waals surface area contributed by atoms with Crippen molar-refractivity contribution in [1.29, 1.82) is 0 Å². The van der Waals surface area contributed by atoms with E-state index in [1.165, 1.54) is 0 Å². The molecule has 0 fully saturated rings. The molecule has 1 heterocycles. The van der Waals surface area contributed by atoms with E-state index >= 15 is 0 Å². The minimum absolute atomic E-state index is 0.0102. The first-order valence-corrected chi connectivity index (χ1v) is 6.86. The van der Waals surface area contributed by atoms with Gasteiger partial charge in [0.2, 0.25) is 0 Å². The Labute approximate surface area is 124 Å². The van der Waals surface area contributed by atoms with Crippen LogP contribution in [0.5, 0.6) is 11.5 Å². The molecule has 0 spiro atoms. The number of ketones is 1. The molecule has 2 aromatic rings. The van der Waals surface area contributed by atoms with Gasteiger partial charge in [0, 0.05) is 23.5 Å². The quantitative estimate of drug-likeness (QED) is 0.765. The van der Waals surface area contributed by atoms with Crippen LogP contribution in [0.3, 0.4) is 0 Å². The second-order valence-corrected chi connectivity index (χ2v) is 4.71. The molecule has 0 radical (unpaired) electrons. The van der Waals surface area contributed by atoms with E-state index in [0.717, 1.165) is 17.7 Å². The van der Waals surface area contributed by atoms with Gasteiger partial charge in [0.25, 0.3) is 0 Å². The van der Waals surface area contributed by atoms with Crippen LogP contribution >= 0.6 is 0 Å². The van der Waals surface area contributed by atoms with Crippen LogP contribution in [0.1, 0.15) is 28.5 Å². The van der Waals surface area contributed by atoms with Crippen molar-refractivity contribution < 1.29 is 14.3 Å². The number of benzene rings is 1. The molecule has 21 heavy (non-hydrogen) atoms. The highest BCUT2D eigenvalue weighted by Crippen LogP contribution is 2.23. The van der Waals surface area contributed by atoms with Crippen LogP contribution in [0.15, 0.2) is 36.5 Å². The third kappa shape index (κ3) is 3.81. The standard InChI is InChI=1S/C17H19NO3/c1-4-12-5-6-14(18-11-12)9-17(19)13-7-15(20-2)10-16(8-13)21-3/h5-8,10-11H,4,9H2,1-3H3. The zero-order valence-corrected chi connectivity index (χ0v) is 12.6. The zero-order chi connectivity index (χ0) is 15.2. The molecule has 0 N–H and O–H groups in total. The number of pyridine rings is 1. The normalized spacial score (nSPS) is 10.2. The van der Waals surface area contributed by atoms with Crippen molar-refractivity contribution in [1.82, 2.24) is 4.98 Å². The summed E-state index contributed by atoms with van der Waals surface area (Å²) in [5.41, 5.74) is 2.49. The van der Waals surface area contributed by atoms with E-state index in [1.54, 1.807) is 32.4 Å². The number of methoxy groups -OCH3 is 2. The minimum Gasteiger partial charge on any atom is -0.497 e. The summed E-state index contributed by atoms with van der Waals surface area (Å²) < 4.78 is 10.4. The van der Waals surface area contributed by atoms with Crippen LogP contribution in [-0.2, 0) is 12.8 Å². The van der Waals surface area contributed by atoms with Gasteiger partial charge >= 0.3 is 0 Å². The summed E-state index contributed by atoms with van der Waals surface area (Å²) in [7, 11) is 3.13. The van der Waals surface area contributed by atoms with Crippen LogP contribution in [0.2, 0.25) is 0 Å². The van der Waals surface area contributed by atoms with Crippen molar-refractivity contribution in [3.05, 3.63) is 53.3 Å². The van der Waals surface area contributed by atoms with Gasteiger partial charge in [-0.25, -0.2) is 0 Å². The molecule has 0 aliphatic rings. The Bertz CT molecular complexity index is 598. The lowest BCUT2D eigenvalue weighted by Gasteiger charge is -2.08. The summed E-state index contributed by atoms with van der Waals surface area (Å²) in [6, 6.07) is 9.07. The average molecular weight is 285 g/mol. The topological polar surface area (TPSA) is 48.4 Å². The van der Waals surface area contributed by atoms with Crippen LogP contribution in [0.25, 0.3) is 0 Å². The second-order valence-electron chi connectivity index (χ2n) is 4.71. The Kier molecular flexibility index (Phi) is 4.93. The maximum absolute atomic E-state index is 12.4. The lowest BCUT2D eigenvalue weighted by atomic mass is 10.0. The lowest BCUT2D eigenvalue weighted by Crippen LogP contribution is -2.06. The lowest BCUT2D eigenvalue weighted by molar-refractivity contribution is 0.0991. The first kappa shape index (κ1) is 15.0. The Morgan fingerprint density at radius 1 is 1.10 bits per heavy atom. The maximum Gasteiger partial charge on any atom is 0.169 e. The summed E-state index contributed by atoms with van der Waals surface area (Å²) in [5, 5.41) is 0. The number of ether oxygens (including phenoxy) is 2. The van der Waals surface area contributed by atoms with E-state index in [-0.39, 0.29) is 12.2 Å². The monoisotopic (exact) mass is 285 g/mol. The van der Waals surface area contributed by atoms with Crippen molar-refractivity contribution in [2.24, 2.45) is 0 Å². The first-order chi connectivity index (χ1) is 10.2. The fraction of sp³-hybridized carbons (Fsp3) is 0.294. The summed E-state index contributed by atoms with van der Waals surface area (Å²) >= 11 is 0. The number of hydrogen-bond acceptors (Lipinski definition) is 4. The Morgan fingerprint density at radius 2 is 1.76 bits per heavy atom. The number of hydrogen-bond donors (Lipinski definition) is 0. The van der Waals surface area contributed by atoms with Crippen molar-refractivity contribution in [2.45, 2.75) is 19.8 Å². The molecule has 0 amide bonds. The molecule has 2 rings (SSSR count). The summed E-state index contributed by atoms with van der Waals surface area (Å²) in [6.45, 7) is 2.07. The van der Waals surface area contributed by atoms with Gasteiger partial charge in [-0.3, -0.25) is 9.78 Å². The van der Waals surface area contributed by atoms with E-state index < -0.39 is 0 Å². The van der Waals surface area contributed by atoms with E-state index in [2.05, 4.69) is 11.9 Å². The molecule has 0 aliphatic carbocycles. The predicted molar refractivity (Wildman–Crippen MR) is 81.2 cm³/mol. The fourth-order valence-electron chi connectivity index (χ4n) is 2.00. The number of Topliss-reactive ketones (excluding diaryl/α,β-unsaturated/α-hetero) is 1. The van der Waals surface area contributed by atoms with E-state index in [4.69, 9.17) is 9.47 Å². The molecule has 4 nitrogen and oxygen atoms in total. The molecule has 0 saturated heterocycles. The van der Waals surface area contributed by atoms with Gasteiger partial charge in [-0.05, 0) is 30.2 Å². The highest BCUT2D eigenvalue weighted by Gasteiger charge is 2.11. The molecule has 0 aliphatic heterocycles. The Morgan fingerprint density at radius 3 is 2.24 bits per heavy atom. The highest BCUT2D eigenvalue weighted by molar-refractivity contribution is 5.98. The Hall–Kier alpha value is -2.36. The molecule has 1 aromatic heterocycles. The molecule has 0 saturated carbocycles. The molecule has 0 atom stereocenters. The van der Waals surface area contributed by atoms with Crippen molar-refractivity contribution in [3.8, 4) is 11.5 Å². The van der Waals surface area contributed by atoms with Crippen molar-refractivity contribution >= 4 is 5.78 Å². The van der Waals surface area contributed by atoms with Crippen LogP contribution in [0, 0.1) is 0 Å². The number of carbonyl (C=O) groups is 1. The van der Waals surface area contributed by atoms with Gasteiger partial charge < -0.3 is 9.47 Å². The molecule has 0 unspecified atom stereocenters. The molecule has 1 aromatic carbocycles. The summed E-state index contributed by atoms with van der Waals surface area (Å²) in [4.78, 5) is 16.7. The molecule has 0 bridgehead atoms. The molecule has 110 valence electrons. The van der Waals surface area contributed by atoms with Gasteiger partial charge in [0.15, 0.2) is 5.78 Å². The number of aromatic nitrogens is 1. The summed E-state index contributed by atoms with van der Waals surface area (Å²) in [6.07, 6.45) is 3.02. The van der Waals surface area contributed by atoms with Crippen LogP contribution < -0.4 is 9.47 Å². The van der Waals surface area contributed by atoms with E-state index in [0.29, 0.717) is 17.1 Å². The zero-order valence-electron chi connectivity index (χ0n) is 12.6. The summed E-state index contributed by atoms with van der Waals surface area (Å²) in [5.74, 6) is 1.20. The second kappa shape index (κ2) is 6.88. The molecular weight excluding hydrogens is 266 g/mol. The van der Waals surface area contributed by atoms with Crippen molar-refractivity contribution in [2.75, 3.05) is 14.2 Å². The van der Waals surface area contributed by atoms with Crippen molar-refractivity contribution in [3.63, 3.8) is 0 Å². The molecular formula is C17H19NO3. The van der Waals surface area contributed by atoms with Crippen LogP contribution in [-0.4, -0.2) is 25.0 Å². The first-order valence-electron chi connectivity index (χ1n) is 6.86. The maximum atomic E-state index is 12.4. The van der Waals surface area contributed by atoms with Gasteiger partial charge in [-0.15, -0.1) is 0 Å². The fourth-order valence-corrected chi connectivity index (χ4v) is 2.00. The number of aryl methyl sites for hydroxylation is 1. The third-order valence-corrected chi connectivity index (χ3v) is 3.31. The largest absolute Gasteiger partial charge is 0.497 e. The smallest absolute Gasteiger partial charge is 0.169 e. The van der Waals surface area contributed by atoms with Gasteiger partial charge in [-0.1, -0.05) is 13.0 Å². The van der Waals surface area contributed by atoms with Gasteiger partial charge in [0.05, 0.1) is 20.6 Å². The average Bonchev–Trinajstić information content (AvgIpc) is 2.54. The Balaban J connectivity index is 2.18. The van der Waals surface area contributed by atoms with Crippen LogP contribution in [0.4, 0.5) is 0 Å². The van der Waals surface area contributed by atoms with Gasteiger partial charge in [-0.2, -0.15) is 0 Å². The number of rotatable bonds is 6.